The van der Waals surface area contributed by atoms with E-state index < -0.39 is 5.41 Å². The predicted molar refractivity (Wildman–Crippen MR) is 272 cm³/mol. The van der Waals surface area contributed by atoms with Crippen LogP contribution in [0.25, 0.3) is 60.5 Å². The molecule has 0 bridgehead atoms. The molecule has 0 saturated heterocycles. The van der Waals surface area contributed by atoms with E-state index in [2.05, 4.69) is 242 Å². The van der Waals surface area contributed by atoms with Gasteiger partial charge < -0.3 is 9.47 Å². The highest BCUT2D eigenvalue weighted by molar-refractivity contribution is 7.99. The number of hydrogen-bond acceptors (Lipinski definition) is 2. The minimum Gasteiger partial charge on any atom is -0.310 e. The van der Waals surface area contributed by atoms with Crippen LogP contribution in [0.4, 0.5) is 17.1 Å². The van der Waals surface area contributed by atoms with E-state index in [0.717, 1.165) is 17.1 Å². The van der Waals surface area contributed by atoms with Gasteiger partial charge in [0.05, 0.1) is 16.4 Å². The first-order valence-corrected chi connectivity index (χ1v) is 23.5. The molecule has 0 N–H and O–H groups in total. The van der Waals surface area contributed by atoms with E-state index in [9.17, 15) is 0 Å². The molecule has 2 aliphatic carbocycles. The lowest BCUT2D eigenvalue weighted by Crippen LogP contribution is -2.36. The fourth-order valence-corrected chi connectivity index (χ4v) is 13.2. The molecule has 0 fully saturated rings. The van der Waals surface area contributed by atoms with E-state index >= 15 is 0 Å². The van der Waals surface area contributed by atoms with Crippen molar-refractivity contribution >= 4 is 61.4 Å². The smallest absolute Gasteiger partial charge is 0.0736 e. The van der Waals surface area contributed by atoms with E-state index in [0.29, 0.717) is 0 Å². The number of aromatic nitrogens is 1. The first-order chi connectivity index (χ1) is 32.0. The highest BCUT2D eigenvalue weighted by Gasteiger charge is 2.49. The van der Waals surface area contributed by atoms with Crippen molar-refractivity contribution in [3.05, 3.63) is 252 Å². The van der Waals surface area contributed by atoms with Crippen LogP contribution in [-0.2, 0) is 10.8 Å². The van der Waals surface area contributed by atoms with Gasteiger partial charge in [-0.05, 0) is 133 Å². The van der Waals surface area contributed by atoms with Gasteiger partial charge in [0.25, 0.3) is 0 Å². The molecule has 3 aliphatic rings. The van der Waals surface area contributed by atoms with E-state index in [4.69, 9.17) is 0 Å². The van der Waals surface area contributed by atoms with Crippen molar-refractivity contribution in [2.45, 2.75) is 34.5 Å². The van der Waals surface area contributed by atoms with E-state index in [-0.39, 0.29) is 5.41 Å². The van der Waals surface area contributed by atoms with Crippen molar-refractivity contribution in [1.82, 2.24) is 4.57 Å². The highest BCUT2D eigenvalue weighted by Crippen LogP contribution is 2.62. The lowest BCUT2D eigenvalue weighted by molar-refractivity contribution is 0.660. The molecule has 10 aromatic carbocycles. The Hall–Kier alpha value is -7.59. The van der Waals surface area contributed by atoms with E-state index in [1.807, 2.05) is 11.8 Å². The van der Waals surface area contributed by atoms with Gasteiger partial charge in [0.2, 0.25) is 0 Å². The summed E-state index contributed by atoms with van der Waals surface area (Å²) in [5, 5.41) is 5.09. The second kappa shape index (κ2) is 13.5. The molecule has 65 heavy (non-hydrogen) atoms. The first-order valence-electron chi connectivity index (χ1n) is 22.7. The summed E-state index contributed by atoms with van der Waals surface area (Å²) in [7, 11) is 0. The summed E-state index contributed by atoms with van der Waals surface area (Å²) in [5.74, 6) is 0. The third-order valence-corrected chi connectivity index (χ3v) is 16.0. The second-order valence-electron chi connectivity index (χ2n) is 18.4. The van der Waals surface area contributed by atoms with E-state index in [1.165, 1.54) is 104 Å². The molecule has 0 radical (unpaired) electrons. The number of fused-ring (bicyclic) bond motifs is 14. The minimum atomic E-state index is -0.545. The number of hydrogen-bond donors (Lipinski definition) is 0. The van der Waals surface area contributed by atoms with Gasteiger partial charge in [-0.3, -0.25) is 0 Å². The zero-order valence-corrected chi connectivity index (χ0v) is 36.9. The molecule has 1 unspecified atom stereocenters. The van der Waals surface area contributed by atoms with Crippen LogP contribution in [0.2, 0.25) is 0 Å². The maximum Gasteiger partial charge on any atom is 0.0736 e. The first kappa shape index (κ1) is 36.8. The molecule has 1 atom stereocenters. The van der Waals surface area contributed by atoms with Crippen molar-refractivity contribution in [1.29, 1.82) is 0 Å². The Balaban J connectivity index is 1.02. The molecule has 2 nitrogen and oxygen atoms in total. The number of benzene rings is 10. The summed E-state index contributed by atoms with van der Waals surface area (Å²) in [5.41, 5.74) is 19.6. The van der Waals surface area contributed by atoms with Crippen LogP contribution in [0.3, 0.4) is 0 Å². The predicted octanol–water partition coefficient (Wildman–Crippen LogP) is 16.5. The number of para-hydroxylation sites is 2. The van der Waals surface area contributed by atoms with Gasteiger partial charge in [0.1, 0.15) is 0 Å². The lowest BCUT2D eigenvalue weighted by Gasteiger charge is -2.46. The van der Waals surface area contributed by atoms with Crippen molar-refractivity contribution in [2.75, 3.05) is 4.90 Å². The summed E-state index contributed by atoms with van der Waals surface area (Å²) in [6.07, 6.45) is 0. The van der Waals surface area contributed by atoms with Crippen LogP contribution in [0.15, 0.2) is 228 Å². The summed E-state index contributed by atoms with van der Waals surface area (Å²) in [6, 6.07) is 82.1. The average Bonchev–Trinajstić information content (AvgIpc) is 3.80. The fourth-order valence-electron chi connectivity index (χ4n) is 12.1. The average molecular weight is 847 g/mol. The molecule has 306 valence electrons. The second-order valence-corrected chi connectivity index (χ2v) is 19.5. The van der Waals surface area contributed by atoms with Crippen molar-refractivity contribution < 1.29 is 0 Å². The van der Waals surface area contributed by atoms with Gasteiger partial charge in [-0.1, -0.05) is 177 Å². The molecule has 3 heteroatoms. The molecule has 0 amide bonds. The molecule has 11 aromatic rings. The topological polar surface area (TPSA) is 8.17 Å². The highest BCUT2D eigenvalue weighted by atomic mass is 32.2. The standard InChI is InChI=1S/C62H42N2S/c1-61(2)50-24-9-6-21-45(50)49-36-41(31-34-51(49)61)64-56-28-12-8-22-46(56)47-33-30-43(38-57(47)64)63(40-18-4-3-5-19-40)42-32-35-59-55(37-42)62(53-26-11-13-29-58(53)65-59)52-25-10-7-20-44(52)48-23-14-16-39-17-15-27-54(62)60(39)48/h3-38H,1-2H3. The molecule has 14 rings (SSSR count). The van der Waals surface area contributed by atoms with Crippen LogP contribution in [0.1, 0.15) is 47.2 Å². The Morgan fingerprint density at radius 3 is 1.86 bits per heavy atom. The van der Waals surface area contributed by atoms with Gasteiger partial charge >= 0.3 is 0 Å². The fraction of sp³-hybridized carbons (Fsp3) is 0.0645. The Morgan fingerprint density at radius 1 is 0.385 bits per heavy atom. The Labute approximate surface area is 383 Å². The summed E-state index contributed by atoms with van der Waals surface area (Å²) < 4.78 is 2.48. The Bertz CT molecular complexity index is 3800. The molecule has 1 spiro atoms. The number of anilines is 3. The van der Waals surface area contributed by atoms with Crippen LogP contribution in [-0.4, -0.2) is 4.57 Å². The monoisotopic (exact) mass is 846 g/mol. The molecule has 2 heterocycles. The van der Waals surface area contributed by atoms with Gasteiger partial charge in [-0.25, -0.2) is 0 Å². The minimum absolute atomic E-state index is 0.0573. The van der Waals surface area contributed by atoms with Crippen molar-refractivity contribution in [2.24, 2.45) is 0 Å². The molecule has 1 aromatic heterocycles. The summed E-state index contributed by atoms with van der Waals surface area (Å²) in [6.45, 7) is 4.71. The quantitative estimate of drug-likeness (QED) is 0.174. The SMILES string of the molecule is CC1(C)c2ccccc2-c2cc(-n3c4ccccc4c4ccc(N(c5ccccc5)c5ccc6c(c5)C5(c7ccccc7S6)c6ccccc6-c6cccc7cccc5c67)cc43)ccc21. The Kier molecular flexibility index (Phi) is 7.63. The maximum absolute atomic E-state index is 2.51. The third-order valence-electron chi connectivity index (χ3n) is 14.8. The zero-order chi connectivity index (χ0) is 43.0. The van der Waals surface area contributed by atoms with Gasteiger partial charge in [0.15, 0.2) is 0 Å². The van der Waals surface area contributed by atoms with Crippen LogP contribution >= 0.6 is 11.8 Å². The largest absolute Gasteiger partial charge is 0.310 e. The molecule has 0 saturated carbocycles. The third kappa shape index (κ3) is 4.96. The lowest BCUT2D eigenvalue weighted by atomic mass is 9.59. The summed E-state index contributed by atoms with van der Waals surface area (Å²) >= 11 is 1.89. The number of rotatable bonds is 4. The molecule has 1 aliphatic heterocycles. The van der Waals surface area contributed by atoms with Gasteiger partial charge in [0, 0.05) is 48.7 Å². The number of nitrogens with zero attached hydrogens (tertiary/aromatic N) is 2. The van der Waals surface area contributed by atoms with Crippen molar-refractivity contribution in [3.8, 4) is 27.9 Å². The molecular weight excluding hydrogens is 805 g/mol. The maximum atomic E-state index is 2.51. The molecular formula is C62H42N2S. The van der Waals surface area contributed by atoms with Crippen LogP contribution < -0.4 is 4.90 Å². The van der Waals surface area contributed by atoms with Crippen LogP contribution in [0.5, 0.6) is 0 Å². The van der Waals surface area contributed by atoms with Crippen molar-refractivity contribution in [3.63, 3.8) is 0 Å². The summed E-state index contributed by atoms with van der Waals surface area (Å²) in [4.78, 5) is 5.05. The van der Waals surface area contributed by atoms with Gasteiger partial charge in [-0.15, -0.1) is 0 Å². The van der Waals surface area contributed by atoms with E-state index in [1.54, 1.807) is 0 Å². The normalized spacial score (nSPS) is 16.0. The van der Waals surface area contributed by atoms with Crippen LogP contribution in [0, 0.1) is 0 Å². The Morgan fingerprint density at radius 2 is 1.00 bits per heavy atom. The zero-order valence-electron chi connectivity index (χ0n) is 36.1. The van der Waals surface area contributed by atoms with Gasteiger partial charge in [-0.2, -0.15) is 0 Å².